The maximum Gasteiger partial charge on any atom is 0.261 e. The standard InChI is InChI=1S/C29H33ClN6O3/c1-17-13-20(18-6-10-36(11-7-18)12-8-31)15-23-27(17)35-28(34-23)26-22(5-9-32-29(26)38)33-16-24(37)19-3-4-25(39-2)21(30)14-19/h3-5,8-9,13-15,18,24,31,37H,6-7,10-12,16H2,1-2H3,(H,34,35)(H2,32,33,38)/t24-/m1/s1. The summed E-state index contributed by atoms with van der Waals surface area (Å²) >= 11 is 6.22. The summed E-state index contributed by atoms with van der Waals surface area (Å²) in [5.74, 6) is 1.46. The number of H-pyrrole nitrogens is 2. The van der Waals surface area contributed by atoms with Gasteiger partial charge in [-0.2, -0.15) is 0 Å². The van der Waals surface area contributed by atoms with Crippen LogP contribution < -0.4 is 15.6 Å². The topological polar surface area (TPSA) is 130 Å². The zero-order chi connectivity index (χ0) is 27.5. The lowest BCUT2D eigenvalue weighted by Gasteiger charge is -2.31. The first kappa shape index (κ1) is 26.9. The Morgan fingerprint density at radius 1 is 1.28 bits per heavy atom. The Hall–Kier alpha value is -3.66. The number of aromatic amines is 2. The molecule has 204 valence electrons. The SMILES string of the molecule is COc1ccc([C@H](O)CNc2cc[nH]c(=O)c2-c2nc3c(C)cc(C4CCN(CC=N)CC4)cc3[nH]2)cc1Cl. The van der Waals surface area contributed by atoms with Crippen LogP contribution in [0, 0.1) is 12.3 Å². The van der Waals surface area contributed by atoms with E-state index in [1.165, 1.54) is 18.9 Å². The number of methoxy groups -OCH3 is 1. The van der Waals surface area contributed by atoms with Crippen molar-refractivity contribution < 1.29 is 9.84 Å². The molecule has 1 saturated heterocycles. The zero-order valence-electron chi connectivity index (χ0n) is 22.1. The molecule has 0 amide bonds. The third-order valence-corrected chi connectivity index (χ3v) is 7.75. The number of nitrogens with zero attached hydrogens (tertiary/aromatic N) is 2. The molecule has 1 aliphatic rings. The molecule has 10 heteroatoms. The van der Waals surface area contributed by atoms with E-state index in [4.69, 9.17) is 26.7 Å². The highest BCUT2D eigenvalue weighted by Gasteiger charge is 2.22. The smallest absolute Gasteiger partial charge is 0.261 e. The number of halogens is 1. The molecule has 5 rings (SSSR count). The molecule has 1 aliphatic heterocycles. The molecule has 0 aliphatic carbocycles. The fraction of sp³-hybridized carbons (Fsp3) is 0.345. The maximum atomic E-state index is 13.0. The predicted molar refractivity (Wildman–Crippen MR) is 156 cm³/mol. The van der Waals surface area contributed by atoms with E-state index in [-0.39, 0.29) is 12.1 Å². The molecular weight excluding hydrogens is 516 g/mol. The summed E-state index contributed by atoms with van der Waals surface area (Å²) in [5.41, 5.74) is 5.35. The second-order valence-electron chi connectivity index (χ2n) is 9.98. The number of ether oxygens (including phenoxy) is 1. The van der Waals surface area contributed by atoms with Crippen LogP contribution in [0.4, 0.5) is 5.69 Å². The van der Waals surface area contributed by atoms with Crippen molar-refractivity contribution in [3.05, 3.63) is 74.7 Å². The molecule has 9 nitrogen and oxygen atoms in total. The first-order valence-electron chi connectivity index (χ1n) is 13.1. The van der Waals surface area contributed by atoms with E-state index in [0.717, 1.165) is 42.5 Å². The van der Waals surface area contributed by atoms with Gasteiger partial charge in [0.05, 0.1) is 35.0 Å². The average molecular weight is 549 g/mol. The van der Waals surface area contributed by atoms with Crippen LogP contribution in [0.15, 0.2) is 47.4 Å². The van der Waals surface area contributed by atoms with E-state index in [2.05, 4.69) is 32.3 Å². The minimum Gasteiger partial charge on any atom is -0.495 e. The molecular formula is C29H33ClN6O3. The molecule has 0 saturated carbocycles. The summed E-state index contributed by atoms with van der Waals surface area (Å²) in [6.45, 7) is 4.88. The lowest BCUT2D eigenvalue weighted by Crippen LogP contribution is -2.34. The van der Waals surface area contributed by atoms with Crippen LogP contribution in [0.5, 0.6) is 5.75 Å². The van der Waals surface area contributed by atoms with Crippen molar-refractivity contribution >= 4 is 34.5 Å². The second-order valence-corrected chi connectivity index (χ2v) is 10.4. The van der Waals surface area contributed by atoms with E-state index in [0.29, 0.717) is 45.9 Å². The number of nitrogens with one attached hydrogen (secondary N) is 4. The van der Waals surface area contributed by atoms with Gasteiger partial charge < -0.3 is 30.5 Å². The summed E-state index contributed by atoms with van der Waals surface area (Å²) in [4.78, 5) is 26.2. The number of piperidine rings is 1. The van der Waals surface area contributed by atoms with E-state index in [1.54, 1.807) is 30.5 Å². The number of hydrogen-bond acceptors (Lipinski definition) is 7. The lowest BCUT2D eigenvalue weighted by atomic mass is 9.88. The molecule has 39 heavy (non-hydrogen) atoms. The van der Waals surface area contributed by atoms with Crippen LogP contribution in [0.2, 0.25) is 5.02 Å². The summed E-state index contributed by atoms with van der Waals surface area (Å²) in [6.07, 6.45) is 4.28. The molecule has 0 spiro atoms. The Labute approximate surface area is 231 Å². The number of likely N-dealkylation sites (tertiary alicyclic amines) is 1. The molecule has 1 fully saturated rings. The number of fused-ring (bicyclic) bond motifs is 1. The quantitative estimate of drug-likeness (QED) is 0.190. The van der Waals surface area contributed by atoms with Gasteiger partial charge >= 0.3 is 0 Å². The van der Waals surface area contributed by atoms with Gasteiger partial charge in [0.15, 0.2) is 0 Å². The molecule has 2 aromatic heterocycles. The minimum absolute atomic E-state index is 0.166. The molecule has 4 aromatic rings. The fourth-order valence-corrected chi connectivity index (χ4v) is 5.59. The third-order valence-electron chi connectivity index (χ3n) is 7.45. The third kappa shape index (κ3) is 5.71. The van der Waals surface area contributed by atoms with Gasteiger partial charge in [-0.3, -0.25) is 9.69 Å². The van der Waals surface area contributed by atoms with Gasteiger partial charge in [0.1, 0.15) is 17.1 Å². The summed E-state index contributed by atoms with van der Waals surface area (Å²) in [5, 5.41) is 21.7. The van der Waals surface area contributed by atoms with Crippen LogP contribution in [0.25, 0.3) is 22.4 Å². The van der Waals surface area contributed by atoms with Crippen molar-refractivity contribution in [1.29, 1.82) is 5.41 Å². The number of imidazole rings is 1. The van der Waals surface area contributed by atoms with Crippen molar-refractivity contribution in [2.45, 2.75) is 31.8 Å². The number of pyridine rings is 1. The number of benzene rings is 2. The molecule has 5 N–H and O–H groups in total. The van der Waals surface area contributed by atoms with Crippen LogP contribution in [-0.4, -0.2) is 64.5 Å². The van der Waals surface area contributed by atoms with Crippen LogP contribution in [-0.2, 0) is 0 Å². The van der Waals surface area contributed by atoms with Crippen LogP contribution >= 0.6 is 11.6 Å². The summed E-state index contributed by atoms with van der Waals surface area (Å²) < 4.78 is 5.19. The summed E-state index contributed by atoms with van der Waals surface area (Å²) in [6, 6.07) is 11.3. The van der Waals surface area contributed by atoms with Gasteiger partial charge in [0, 0.05) is 25.5 Å². The highest BCUT2D eigenvalue weighted by atomic mass is 35.5. The largest absolute Gasteiger partial charge is 0.495 e. The van der Waals surface area contributed by atoms with Crippen LogP contribution in [0.3, 0.4) is 0 Å². The molecule has 0 radical (unpaired) electrons. The molecule has 0 unspecified atom stereocenters. The van der Waals surface area contributed by atoms with Gasteiger partial charge in [0.25, 0.3) is 5.56 Å². The van der Waals surface area contributed by atoms with Gasteiger partial charge in [0.2, 0.25) is 0 Å². The van der Waals surface area contributed by atoms with Gasteiger partial charge in [-0.25, -0.2) is 4.98 Å². The molecule has 0 bridgehead atoms. The Morgan fingerprint density at radius 3 is 2.79 bits per heavy atom. The van der Waals surface area contributed by atoms with Crippen molar-refractivity contribution in [3.8, 4) is 17.1 Å². The number of rotatable bonds is 9. The maximum absolute atomic E-state index is 13.0. The predicted octanol–water partition coefficient (Wildman–Crippen LogP) is 4.86. The average Bonchev–Trinajstić information content (AvgIpc) is 3.36. The number of anilines is 1. The first-order chi connectivity index (χ1) is 18.9. The fourth-order valence-electron chi connectivity index (χ4n) is 5.33. The van der Waals surface area contributed by atoms with Crippen molar-refractivity contribution in [1.82, 2.24) is 19.9 Å². The Kier molecular flexibility index (Phi) is 8.02. The minimum atomic E-state index is -0.855. The highest BCUT2D eigenvalue weighted by Crippen LogP contribution is 2.33. The number of aryl methyl sites for hydroxylation is 1. The second kappa shape index (κ2) is 11.6. The number of aliphatic hydroxyl groups is 1. The molecule has 2 aromatic carbocycles. The van der Waals surface area contributed by atoms with E-state index in [1.807, 2.05) is 6.92 Å². The summed E-state index contributed by atoms with van der Waals surface area (Å²) in [7, 11) is 1.54. The van der Waals surface area contributed by atoms with Gasteiger partial charge in [-0.05, 0) is 79.7 Å². The molecule has 3 heterocycles. The van der Waals surface area contributed by atoms with Gasteiger partial charge in [-0.15, -0.1) is 0 Å². The number of aliphatic hydroxyl groups excluding tert-OH is 1. The Morgan fingerprint density at radius 2 is 2.08 bits per heavy atom. The zero-order valence-corrected chi connectivity index (χ0v) is 22.8. The lowest BCUT2D eigenvalue weighted by molar-refractivity contribution is 0.191. The normalized spacial score (nSPS) is 15.4. The van der Waals surface area contributed by atoms with E-state index in [9.17, 15) is 9.90 Å². The van der Waals surface area contributed by atoms with E-state index < -0.39 is 6.10 Å². The first-order valence-corrected chi connectivity index (χ1v) is 13.4. The highest BCUT2D eigenvalue weighted by molar-refractivity contribution is 6.32. The van der Waals surface area contributed by atoms with Gasteiger partial charge in [-0.1, -0.05) is 23.7 Å². The van der Waals surface area contributed by atoms with Crippen molar-refractivity contribution in [2.75, 3.05) is 38.6 Å². The number of hydrogen-bond donors (Lipinski definition) is 5. The van der Waals surface area contributed by atoms with E-state index >= 15 is 0 Å². The van der Waals surface area contributed by atoms with Crippen LogP contribution in [0.1, 0.15) is 41.6 Å². The number of aromatic nitrogens is 3. The van der Waals surface area contributed by atoms with Crippen molar-refractivity contribution in [2.24, 2.45) is 0 Å². The van der Waals surface area contributed by atoms with Crippen molar-refractivity contribution in [3.63, 3.8) is 0 Å². The monoisotopic (exact) mass is 548 g/mol. The Balaban J connectivity index is 1.39. The molecule has 1 atom stereocenters. The Bertz CT molecular complexity index is 1540.